The normalized spacial score (nSPS) is 12.3. The van der Waals surface area contributed by atoms with Crippen LogP contribution in [-0.4, -0.2) is 63.4 Å². The summed E-state index contributed by atoms with van der Waals surface area (Å²) in [5, 5.41) is 24.5. The lowest BCUT2D eigenvalue weighted by Gasteiger charge is -2.19. The van der Waals surface area contributed by atoms with E-state index in [1.807, 2.05) is 0 Å². The Morgan fingerprint density at radius 2 is 1.14 bits per heavy atom. The molecule has 1 aromatic heterocycles. The van der Waals surface area contributed by atoms with Gasteiger partial charge in [0.1, 0.15) is 23.6 Å². The number of halogens is 1. The zero-order chi connectivity index (χ0) is 25.4. The van der Waals surface area contributed by atoms with Crippen molar-refractivity contribution in [3.05, 3.63) is 64.9 Å². The number of nitrogens with one attached hydrogen (secondary N) is 2. The molecule has 0 aliphatic carbocycles. The maximum atomic E-state index is 12.4. The van der Waals surface area contributed by atoms with E-state index in [-0.39, 0.29) is 41.5 Å². The smallest absolute Gasteiger partial charge is 0.328 e. The molecule has 0 saturated carbocycles. The van der Waals surface area contributed by atoms with Crippen LogP contribution in [0.1, 0.15) is 11.1 Å². The average Bonchev–Trinajstić information content (AvgIpc) is 2.84. The third-order valence-corrected chi connectivity index (χ3v) is 5.11. The van der Waals surface area contributed by atoms with E-state index in [1.165, 1.54) is 38.5 Å². The number of aromatic hydroxyl groups is 2. The Bertz CT molecular complexity index is 1070. The fourth-order valence-corrected chi connectivity index (χ4v) is 3.36. The van der Waals surface area contributed by atoms with Gasteiger partial charge in [-0.1, -0.05) is 24.3 Å². The van der Waals surface area contributed by atoms with Crippen LogP contribution in [0.5, 0.6) is 11.5 Å². The van der Waals surface area contributed by atoms with Crippen LogP contribution >= 0.6 is 11.6 Å². The molecule has 0 aliphatic heterocycles. The van der Waals surface area contributed by atoms with Gasteiger partial charge in [-0.05, 0) is 47.0 Å². The molecule has 35 heavy (non-hydrogen) atoms. The van der Waals surface area contributed by atoms with E-state index in [4.69, 9.17) is 21.1 Å². The number of hydrogen-bond acceptors (Lipinski definition) is 11. The van der Waals surface area contributed by atoms with E-state index in [0.717, 1.165) is 11.1 Å². The third-order valence-electron chi connectivity index (χ3n) is 4.94. The Balaban J connectivity index is 1.80. The second kappa shape index (κ2) is 11.8. The highest BCUT2D eigenvalue weighted by Crippen LogP contribution is 2.18. The summed E-state index contributed by atoms with van der Waals surface area (Å²) in [6.07, 6.45) is 0.426. The summed E-state index contributed by atoms with van der Waals surface area (Å²) in [5.74, 6) is -0.967. The zero-order valence-corrected chi connectivity index (χ0v) is 19.7. The van der Waals surface area contributed by atoms with Crippen molar-refractivity contribution >= 4 is 35.4 Å². The van der Waals surface area contributed by atoms with Crippen molar-refractivity contribution in [3.8, 4) is 11.5 Å². The third kappa shape index (κ3) is 7.44. The topological polar surface area (TPSA) is 156 Å². The minimum Gasteiger partial charge on any atom is -0.508 e. The minimum atomic E-state index is -0.871. The van der Waals surface area contributed by atoms with E-state index in [2.05, 4.69) is 25.6 Å². The van der Waals surface area contributed by atoms with Gasteiger partial charge in [0.15, 0.2) is 0 Å². The van der Waals surface area contributed by atoms with Crippen LogP contribution in [0.2, 0.25) is 5.28 Å². The van der Waals surface area contributed by atoms with Gasteiger partial charge in [0.25, 0.3) is 0 Å². The molecule has 184 valence electrons. The van der Waals surface area contributed by atoms with Gasteiger partial charge in [0.2, 0.25) is 17.2 Å². The molecule has 0 bridgehead atoms. The highest BCUT2D eigenvalue weighted by atomic mass is 35.5. The van der Waals surface area contributed by atoms with Crippen LogP contribution in [0.15, 0.2) is 48.5 Å². The minimum absolute atomic E-state index is 0.0186. The number of rotatable bonds is 10. The molecule has 0 fully saturated rings. The van der Waals surface area contributed by atoms with Crippen LogP contribution in [-0.2, 0) is 31.9 Å². The Morgan fingerprint density at radius 1 is 0.771 bits per heavy atom. The number of phenols is 2. The second-order valence-electron chi connectivity index (χ2n) is 7.43. The summed E-state index contributed by atoms with van der Waals surface area (Å²) in [7, 11) is 2.51. The van der Waals surface area contributed by atoms with Crippen molar-refractivity contribution in [2.75, 3.05) is 24.9 Å². The van der Waals surface area contributed by atoms with Crippen molar-refractivity contribution in [2.24, 2.45) is 0 Å². The highest BCUT2D eigenvalue weighted by Gasteiger charge is 2.24. The van der Waals surface area contributed by atoms with Gasteiger partial charge in [-0.2, -0.15) is 15.0 Å². The molecule has 0 saturated heterocycles. The van der Waals surface area contributed by atoms with E-state index < -0.39 is 24.0 Å². The molecule has 0 amide bonds. The monoisotopic (exact) mass is 501 g/mol. The molecule has 2 atom stereocenters. The van der Waals surface area contributed by atoms with Gasteiger partial charge >= 0.3 is 11.9 Å². The van der Waals surface area contributed by atoms with Crippen molar-refractivity contribution in [3.63, 3.8) is 0 Å². The quantitative estimate of drug-likeness (QED) is 0.302. The first-order valence-corrected chi connectivity index (χ1v) is 10.8. The number of ether oxygens (including phenoxy) is 2. The predicted molar refractivity (Wildman–Crippen MR) is 127 cm³/mol. The average molecular weight is 502 g/mol. The molecule has 0 aliphatic rings. The van der Waals surface area contributed by atoms with E-state index in [1.54, 1.807) is 24.3 Å². The number of nitrogens with zero attached hydrogens (tertiary/aromatic N) is 3. The Morgan fingerprint density at radius 3 is 1.49 bits per heavy atom. The van der Waals surface area contributed by atoms with Crippen molar-refractivity contribution in [2.45, 2.75) is 24.9 Å². The summed E-state index contributed by atoms with van der Waals surface area (Å²) in [4.78, 5) is 37.0. The summed E-state index contributed by atoms with van der Waals surface area (Å²) in [6, 6.07) is 11.0. The number of esters is 2. The molecular weight excluding hydrogens is 478 g/mol. The highest BCUT2D eigenvalue weighted by molar-refractivity contribution is 6.28. The number of methoxy groups -OCH3 is 2. The number of phenolic OH excluding ortho intramolecular Hbond substituents is 2. The van der Waals surface area contributed by atoms with Gasteiger partial charge in [0.05, 0.1) is 14.2 Å². The van der Waals surface area contributed by atoms with Crippen LogP contribution in [0.25, 0.3) is 0 Å². The first-order valence-electron chi connectivity index (χ1n) is 10.4. The zero-order valence-electron chi connectivity index (χ0n) is 18.9. The first kappa shape index (κ1) is 25.5. The van der Waals surface area contributed by atoms with Crippen molar-refractivity contribution in [1.29, 1.82) is 0 Å². The fourth-order valence-electron chi connectivity index (χ4n) is 3.20. The van der Waals surface area contributed by atoms with Crippen LogP contribution in [0.3, 0.4) is 0 Å². The van der Waals surface area contributed by atoms with Crippen LogP contribution in [0.4, 0.5) is 11.9 Å². The number of carbonyl (C=O) groups excluding carboxylic acids is 2. The molecule has 3 rings (SSSR count). The van der Waals surface area contributed by atoms with Gasteiger partial charge in [-0.25, -0.2) is 9.59 Å². The number of hydrogen-bond donors (Lipinski definition) is 4. The fraction of sp³-hybridized carbons (Fsp3) is 0.261. The standard InChI is InChI=1S/C23H24ClN5O6/c1-34-19(32)17(11-13-3-7-15(30)8-4-13)25-22-27-21(24)28-23(29-22)26-18(20(33)35-2)12-14-5-9-16(31)10-6-14/h3-10,17-18,30-31H,11-12H2,1-2H3,(H2,25,26,27,28,29)/t17-,18-/m0/s1. The molecular formula is C23H24ClN5O6. The van der Waals surface area contributed by atoms with E-state index >= 15 is 0 Å². The second-order valence-corrected chi connectivity index (χ2v) is 7.77. The summed E-state index contributed by atoms with van der Waals surface area (Å²) in [5.41, 5.74) is 1.51. The largest absolute Gasteiger partial charge is 0.508 e. The SMILES string of the molecule is COC(=O)[C@H](Cc1ccc(O)cc1)Nc1nc(Cl)nc(N[C@@H](Cc2ccc(O)cc2)C(=O)OC)n1. The van der Waals surface area contributed by atoms with Crippen molar-refractivity contribution in [1.82, 2.24) is 15.0 Å². The molecule has 0 spiro atoms. The summed E-state index contributed by atoms with van der Waals surface area (Å²) in [6.45, 7) is 0. The number of benzene rings is 2. The van der Waals surface area contributed by atoms with Gasteiger partial charge in [-0.3, -0.25) is 0 Å². The van der Waals surface area contributed by atoms with Gasteiger partial charge < -0.3 is 30.3 Å². The molecule has 1 heterocycles. The lowest BCUT2D eigenvalue weighted by molar-refractivity contribution is -0.142. The molecule has 2 aromatic carbocycles. The molecule has 4 N–H and O–H groups in total. The van der Waals surface area contributed by atoms with E-state index in [0.29, 0.717) is 0 Å². The summed E-state index contributed by atoms with van der Waals surface area (Å²) < 4.78 is 9.75. The van der Waals surface area contributed by atoms with Crippen LogP contribution in [0, 0.1) is 0 Å². The Labute approximate surface area is 206 Å². The number of anilines is 2. The Hall–Kier alpha value is -4.12. The van der Waals surface area contributed by atoms with Gasteiger partial charge in [-0.15, -0.1) is 0 Å². The van der Waals surface area contributed by atoms with Crippen LogP contribution < -0.4 is 10.6 Å². The molecule has 12 heteroatoms. The predicted octanol–water partition coefficient (Wildman–Crippen LogP) is 2.33. The first-order chi connectivity index (χ1) is 16.8. The maximum Gasteiger partial charge on any atom is 0.328 e. The maximum absolute atomic E-state index is 12.4. The Kier molecular flexibility index (Phi) is 8.63. The molecule has 3 aromatic rings. The lowest BCUT2D eigenvalue weighted by Crippen LogP contribution is -2.35. The molecule has 0 radical (unpaired) electrons. The molecule has 11 nitrogen and oxygen atoms in total. The molecule has 0 unspecified atom stereocenters. The number of aromatic nitrogens is 3. The lowest BCUT2D eigenvalue weighted by atomic mass is 10.1. The van der Waals surface area contributed by atoms with Crippen molar-refractivity contribution < 1.29 is 29.3 Å². The number of carbonyl (C=O) groups is 2. The van der Waals surface area contributed by atoms with Gasteiger partial charge in [0, 0.05) is 12.8 Å². The summed E-state index contributed by atoms with van der Waals surface area (Å²) >= 11 is 6.07. The van der Waals surface area contributed by atoms with E-state index in [9.17, 15) is 19.8 Å².